The SMILES string of the molecule is CC(C)(C)OC(=O)N1CCC(COc2ccc3c(Nc4cc(CC(=O)Nc5ccccc5F)[nH]n4)ncnc3c2)CC1. The number of H-pyrrole nitrogens is 1. The number of halogens is 1. The summed E-state index contributed by atoms with van der Waals surface area (Å²) in [5.74, 6) is 1.19. The largest absolute Gasteiger partial charge is 0.493 e. The average molecular weight is 576 g/mol. The second-order valence-electron chi connectivity index (χ2n) is 11.2. The van der Waals surface area contributed by atoms with Gasteiger partial charge in [0.2, 0.25) is 5.91 Å². The van der Waals surface area contributed by atoms with Gasteiger partial charge in [-0.15, -0.1) is 0 Å². The van der Waals surface area contributed by atoms with Crippen LogP contribution in [0, 0.1) is 11.7 Å². The van der Waals surface area contributed by atoms with E-state index in [2.05, 4.69) is 30.8 Å². The summed E-state index contributed by atoms with van der Waals surface area (Å²) >= 11 is 0. The molecule has 4 aromatic rings. The Kier molecular flexibility index (Phi) is 8.51. The molecule has 5 rings (SSSR count). The van der Waals surface area contributed by atoms with Crippen LogP contribution >= 0.6 is 0 Å². The Morgan fingerprint density at radius 3 is 2.64 bits per heavy atom. The molecule has 42 heavy (non-hydrogen) atoms. The molecule has 1 aliphatic heterocycles. The van der Waals surface area contributed by atoms with Crippen molar-refractivity contribution in [1.29, 1.82) is 0 Å². The lowest BCUT2D eigenvalue weighted by Crippen LogP contribution is -2.42. The molecule has 2 amide bonds. The summed E-state index contributed by atoms with van der Waals surface area (Å²) < 4.78 is 25.4. The molecule has 0 spiro atoms. The third kappa shape index (κ3) is 7.50. The predicted octanol–water partition coefficient (Wildman–Crippen LogP) is 5.44. The van der Waals surface area contributed by atoms with Crippen molar-refractivity contribution in [2.75, 3.05) is 30.3 Å². The number of fused-ring (bicyclic) bond motifs is 1. The standard InChI is InChI=1S/C30H34FN7O4/c1-30(2,3)42-29(40)38-12-10-19(11-13-38)17-41-21-8-9-22-25(16-21)32-18-33-28(22)35-26-14-20(36-37-26)15-27(39)34-24-7-5-4-6-23(24)31/h4-9,14,16,18-19H,10-13,15,17H2,1-3H3,(H,34,39)(H2,32,33,35,36,37). The summed E-state index contributed by atoms with van der Waals surface area (Å²) in [6, 6.07) is 13.3. The first-order valence-corrected chi connectivity index (χ1v) is 13.8. The zero-order valence-electron chi connectivity index (χ0n) is 23.8. The highest BCUT2D eigenvalue weighted by molar-refractivity contribution is 5.93. The Morgan fingerprint density at radius 1 is 1.10 bits per heavy atom. The van der Waals surface area contributed by atoms with Crippen LogP contribution in [0.25, 0.3) is 10.9 Å². The zero-order chi connectivity index (χ0) is 29.7. The van der Waals surface area contributed by atoms with E-state index in [1.165, 1.54) is 18.5 Å². The summed E-state index contributed by atoms with van der Waals surface area (Å²) in [4.78, 5) is 35.1. The second kappa shape index (κ2) is 12.4. The molecule has 3 heterocycles. The molecule has 0 atom stereocenters. The Morgan fingerprint density at radius 2 is 1.88 bits per heavy atom. The number of carbonyl (C=O) groups excluding carboxylic acids is 2. The van der Waals surface area contributed by atoms with Crippen molar-refractivity contribution >= 4 is 40.2 Å². The predicted molar refractivity (Wildman–Crippen MR) is 156 cm³/mol. The van der Waals surface area contributed by atoms with Crippen LogP contribution in [0.1, 0.15) is 39.3 Å². The maximum Gasteiger partial charge on any atom is 0.410 e. The topological polar surface area (TPSA) is 134 Å². The molecule has 0 saturated carbocycles. The van der Waals surface area contributed by atoms with E-state index in [-0.39, 0.29) is 24.1 Å². The van der Waals surface area contributed by atoms with Crippen molar-refractivity contribution in [1.82, 2.24) is 25.1 Å². The molecule has 0 aliphatic carbocycles. The van der Waals surface area contributed by atoms with Crippen LogP contribution in [-0.2, 0) is 16.0 Å². The first-order chi connectivity index (χ1) is 20.1. The van der Waals surface area contributed by atoms with Gasteiger partial charge in [-0.3, -0.25) is 9.89 Å². The van der Waals surface area contributed by atoms with Crippen LogP contribution in [0.5, 0.6) is 5.75 Å². The molecule has 0 unspecified atom stereocenters. The summed E-state index contributed by atoms with van der Waals surface area (Å²) in [6.07, 6.45) is 2.88. The highest BCUT2D eigenvalue weighted by Crippen LogP contribution is 2.27. The fourth-order valence-corrected chi connectivity index (χ4v) is 4.62. The number of amides is 2. The molecular weight excluding hydrogens is 541 g/mol. The van der Waals surface area contributed by atoms with Gasteiger partial charge in [-0.2, -0.15) is 5.10 Å². The summed E-state index contributed by atoms with van der Waals surface area (Å²) in [5, 5.41) is 13.5. The Hall–Kier alpha value is -4.74. The number of hydrogen-bond donors (Lipinski definition) is 3. The van der Waals surface area contributed by atoms with E-state index < -0.39 is 11.4 Å². The Balaban J connectivity index is 1.14. The minimum Gasteiger partial charge on any atom is -0.493 e. The molecule has 2 aromatic heterocycles. The van der Waals surface area contributed by atoms with Gasteiger partial charge in [-0.05, 0) is 63.8 Å². The van der Waals surface area contributed by atoms with Crippen LogP contribution in [0.3, 0.4) is 0 Å². The fourth-order valence-electron chi connectivity index (χ4n) is 4.62. The third-order valence-corrected chi connectivity index (χ3v) is 6.74. The van der Waals surface area contributed by atoms with Crippen molar-refractivity contribution in [2.45, 2.75) is 45.6 Å². The molecule has 12 heteroatoms. The monoisotopic (exact) mass is 575 g/mol. The Bertz CT molecular complexity index is 1560. The number of likely N-dealkylation sites (tertiary alicyclic amines) is 1. The van der Waals surface area contributed by atoms with Crippen LogP contribution in [0.15, 0.2) is 54.9 Å². The highest BCUT2D eigenvalue weighted by Gasteiger charge is 2.27. The van der Waals surface area contributed by atoms with E-state index >= 15 is 0 Å². The van der Waals surface area contributed by atoms with Crippen molar-refractivity contribution in [3.05, 3.63) is 66.4 Å². The molecule has 220 valence electrons. The minimum atomic E-state index is -0.503. The molecule has 11 nitrogen and oxygen atoms in total. The quantitative estimate of drug-likeness (QED) is 0.253. The summed E-state index contributed by atoms with van der Waals surface area (Å²) in [6.45, 7) is 7.44. The number of para-hydroxylation sites is 1. The zero-order valence-corrected chi connectivity index (χ0v) is 23.8. The minimum absolute atomic E-state index is 0.00569. The maximum atomic E-state index is 13.8. The van der Waals surface area contributed by atoms with Crippen LogP contribution in [0.2, 0.25) is 0 Å². The van der Waals surface area contributed by atoms with E-state index in [4.69, 9.17) is 9.47 Å². The van der Waals surface area contributed by atoms with Gasteiger partial charge >= 0.3 is 6.09 Å². The van der Waals surface area contributed by atoms with E-state index in [1.54, 1.807) is 23.1 Å². The van der Waals surface area contributed by atoms with E-state index in [1.807, 2.05) is 39.0 Å². The third-order valence-electron chi connectivity index (χ3n) is 6.74. The average Bonchev–Trinajstić information content (AvgIpc) is 3.39. The molecule has 0 radical (unpaired) electrons. The van der Waals surface area contributed by atoms with Gasteiger partial charge in [0.15, 0.2) is 5.82 Å². The second-order valence-corrected chi connectivity index (χ2v) is 11.2. The van der Waals surface area contributed by atoms with Crippen LogP contribution in [0.4, 0.5) is 26.5 Å². The number of nitrogens with zero attached hydrogens (tertiary/aromatic N) is 4. The lowest BCUT2D eigenvalue weighted by Gasteiger charge is -2.33. The van der Waals surface area contributed by atoms with E-state index in [0.29, 0.717) is 54.2 Å². The van der Waals surface area contributed by atoms with Gasteiger partial charge in [-0.1, -0.05) is 12.1 Å². The normalized spacial score (nSPS) is 14.0. The number of piperidine rings is 1. The molecule has 2 aromatic carbocycles. The number of benzene rings is 2. The number of rotatable bonds is 8. The molecule has 1 aliphatic rings. The number of ether oxygens (including phenoxy) is 2. The van der Waals surface area contributed by atoms with Crippen LogP contribution < -0.4 is 15.4 Å². The molecule has 3 N–H and O–H groups in total. The number of nitrogens with one attached hydrogen (secondary N) is 3. The lowest BCUT2D eigenvalue weighted by molar-refractivity contribution is -0.115. The first-order valence-electron chi connectivity index (χ1n) is 13.8. The van der Waals surface area contributed by atoms with Crippen molar-refractivity contribution in [3.8, 4) is 5.75 Å². The molecule has 0 bridgehead atoms. The van der Waals surface area contributed by atoms with Crippen molar-refractivity contribution in [3.63, 3.8) is 0 Å². The number of anilines is 3. The maximum absolute atomic E-state index is 13.8. The molecule has 1 fully saturated rings. The number of carbonyl (C=O) groups is 2. The first kappa shape index (κ1) is 28.8. The van der Waals surface area contributed by atoms with Gasteiger partial charge in [0, 0.05) is 36.3 Å². The lowest BCUT2D eigenvalue weighted by atomic mass is 9.98. The fraction of sp³-hybridized carbons (Fsp3) is 0.367. The highest BCUT2D eigenvalue weighted by atomic mass is 19.1. The van der Waals surface area contributed by atoms with Crippen LogP contribution in [-0.4, -0.2) is 62.4 Å². The number of hydrogen-bond acceptors (Lipinski definition) is 8. The smallest absolute Gasteiger partial charge is 0.410 e. The summed E-state index contributed by atoms with van der Waals surface area (Å²) in [7, 11) is 0. The van der Waals surface area contributed by atoms with E-state index in [9.17, 15) is 14.0 Å². The van der Waals surface area contributed by atoms with Crippen molar-refractivity contribution < 1.29 is 23.5 Å². The number of aromatic amines is 1. The molecular formula is C30H34FN7O4. The van der Waals surface area contributed by atoms with Gasteiger partial charge < -0.3 is 25.0 Å². The summed E-state index contributed by atoms with van der Waals surface area (Å²) in [5.41, 5.74) is 0.873. The van der Waals surface area contributed by atoms with Gasteiger partial charge in [0.25, 0.3) is 0 Å². The van der Waals surface area contributed by atoms with Gasteiger partial charge in [-0.25, -0.2) is 19.2 Å². The number of aromatic nitrogens is 4. The van der Waals surface area contributed by atoms with Gasteiger partial charge in [0.05, 0.1) is 24.2 Å². The van der Waals surface area contributed by atoms with Gasteiger partial charge in [0.1, 0.15) is 29.3 Å². The Labute approximate surface area is 242 Å². The van der Waals surface area contributed by atoms with E-state index in [0.717, 1.165) is 18.2 Å². The molecule has 1 saturated heterocycles. The van der Waals surface area contributed by atoms with Crippen molar-refractivity contribution in [2.24, 2.45) is 5.92 Å².